The summed E-state index contributed by atoms with van der Waals surface area (Å²) in [5, 5.41) is 0.775. The quantitative estimate of drug-likeness (QED) is 0.681. The summed E-state index contributed by atoms with van der Waals surface area (Å²) in [5.74, 6) is 3.14. The first kappa shape index (κ1) is 21.5. The second-order valence-corrected chi connectivity index (χ2v) is 7.72. The van der Waals surface area contributed by atoms with Crippen LogP contribution < -0.4 is 15.2 Å². The van der Waals surface area contributed by atoms with Crippen LogP contribution in [-0.4, -0.2) is 80.9 Å². The number of benzene rings is 1. The smallest absolute Gasteiger partial charge is 0.162 e. The molecule has 1 aromatic carbocycles. The molecular formula is C21H33N5O3. The molecule has 1 saturated heterocycles. The van der Waals surface area contributed by atoms with Crippen molar-refractivity contribution in [1.82, 2.24) is 19.8 Å². The molecule has 160 valence electrons. The zero-order valence-electron chi connectivity index (χ0n) is 18.0. The van der Waals surface area contributed by atoms with Gasteiger partial charge in [-0.15, -0.1) is 0 Å². The molecule has 0 bridgehead atoms. The van der Waals surface area contributed by atoms with E-state index in [9.17, 15) is 0 Å². The normalized spacial score (nSPS) is 15.9. The van der Waals surface area contributed by atoms with Crippen LogP contribution in [0, 0.1) is 5.92 Å². The molecule has 3 rings (SSSR count). The van der Waals surface area contributed by atoms with Crippen LogP contribution in [0.25, 0.3) is 10.9 Å². The zero-order chi connectivity index (χ0) is 20.8. The van der Waals surface area contributed by atoms with Crippen LogP contribution in [0.3, 0.4) is 0 Å². The SMILES string of the molecule is COCCN1CCC(CN(C)Cc2nc(N)c3cc(OC)c(OC)cc3n2)CC1. The molecule has 29 heavy (non-hydrogen) atoms. The average Bonchev–Trinajstić information content (AvgIpc) is 2.72. The van der Waals surface area contributed by atoms with Crippen LogP contribution in [0.5, 0.6) is 11.5 Å². The van der Waals surface area contributed by atoms with Crippen molar-refractivity contribution in [2.24, 2.45) is 5.92 Å². The van der Waals surface area contributed by atoms with E-state index in [1.165, 1.54) is 12.8 Å². The first-order valence-electron chi connectivity index (χ1n) is 10.1. The van der Waals surface area contributed by atoms with E-state index in [1.54, 1.807) is 21.3 Å². The molecule has 1 fully saturated rings. The maximum absolute atomic E-state index is 6.21. The molecule has 8 nitrogen and oxygen atoms in total. The number of anilines is 1. The minimum Gasteiger partial charge on any atom is -0.493 e. The number of hydrogen-bond acceptors (Lipinski definition) is 8. The third-order valence-corrected chi connectivity index (χ3v) is 5.58. The number of piperidine rings is 1. The molecule has 1 aliphatic heterocycles. The molecule has 0 unspecified atom stereocenters. The van der Waals surface area contributed by atoms with Gasteiger partial charge < -0.3 is 24.8 Å². The molecule has 0 amide bonds. The highest BCUT2D eigenvalue weighted by atomic mass is 16.5. The maximum atomic E-state index is 6.21. The van der Waals surface area contributed by atoms with E-state index in [0.29, 0.717) is 29.8 Å². The fraction of sp³-hybridized carbons (Fsp3) is 0.619. The lowest BCUT2D eigenvalue weighted by molar-refractivity contribution is 0.109. The van der Waals surface area contributed by atoms with Crippen molar-refractivity contribution in [3.8, 4) is 11.5 Å². The van der Waals surface area contributed by atoms with Crippen molar-refractivity contribution >= 4 is 16.7 Å². The largest absolute Gasteiger partial charge is 0.493 e. The van der Waals surface area contributed by atoms with E-state index in [1.807, 2.05) is 12.1 Å². The van der Waals surface area contributed by atoms with E-state index in [0.717, 1.165) is 49.5 Å². The van der Waals surface area contributed by atoms with Crippen LogP contribution in [-0.2, 0) is 11.3 Å². The van der Waals surface area contributed by atoms with Crippen LogP contribution in [0.4, 0.5) is 5.82 Å². The number of hydrogen-bond donors (Lipinski definition) is 1. The first-order valence-corrected chi connectivity index (χ1v) is 10.1. The highest BCUT2D eigenvalue weighted by Gasteiger charge is 2.21. The van der Waals surface area contributed by atoms with Gasteiger partial charge in [0, 0.05) is 31.7 Å². The third-order valence-electron chi connectivity index (χ3n) is 5.58. The van der Waals surface area contributed by atoms with Gasteiger partial charge >= 0.3 is 0 Å². The van der Waals surface area contributed by atoms with Gasteiger partial charge in [-0.25, -0.2) is 9.97 Å². The van der Waals surface area contributed by atoms with Crippen molar-refractivity contribution in [3.05, 3.63) is 18.0 Å². The van der Waals surface area contributed by atoms with E-state index in [-0.39, 0.29) is 0 Å². The van der Waals surface area contributed by atoms with Crippen LogP contribution in [0.1, 0.15) is 18.7 Å². The number of nitrogens with zero attached hydrogens (tertiary/aromatic N) is 4. The van der Waals surface area contributed by atoms with Gasteiger partial charge in [0.15, 0.2) is 11.5 Å². The first-order chi connectivity index (χ1) is 14.0. The highest BCUT2D eigenvalue weighted by Crippen LogP contribution is 2.33. The topological polar surface area (TPSA) is 86.0 Å². The lowest BCUT2D eigenvalue weighted by Gasteiger charge is -2.33. The monoisotopic (exact) mass is 403 g/mol. The van der Waals surface area contributed by atoms with Gasteiger partial charge in [0.2, 0.25) is 0 Å². The number of aromatic nitrogens is 2. The lowest BCUT2D eigenvalue weighted by Crippen LogP contribution is -2.39. The van der Waals surface area contributed by atoms with Gasteiger partial charge in [-0.1, -0.05) is 0 Å². The standard InChI is InChI=1S/C21H33N5O3/c1-25(13-15-5-7-26(8-6-15)9-10-27-2)14-20-23-17-12-19(29-4)18(28-3)11-16(17)21(22)24-20/h11-12,15H,5-10,13-14H2,1-4H3,(H2,22,23,24). The fourth-order valence-corrected chi connectivity index (χ4v) is 3.96. The summed E-state index contributed by atoms with van der Waals surface area (Å²) in [6.07, 6.45) is 2.43. The molecule has 0 saturated carbocycles. The summed E-state index contributed by atoms with van der Waals surface area (Å²) in [4.78, 5) is 14.0. The summed E-state index contributed by atoms with van der Waals surface area (Å²) in [7, 11) is 7.10. The Labute approximate surface area is 172 Å². The van der Waals surface area contributed by atoms with E-state index in [2.05, 4.69) is 21.8 Å². The van der Waals surface area contributed by atoms with Gasteiger partial charge in [-0.05, 0) is 45.0 Å². The maximum Gasteiger partial charge on any atom is 0.162 e. The lowest BCUT2D eigenvalue weighted by atomic mass is 9.96. The Morgan fingerprint density at radius 2 is 1.79 bits per heavy atom. The Balaban J connectivity index is 1.62. The van der Waals surface area contributed by atoms with Crippen molar-refractivity contribution in [1.29, 1.82) is 0 Å². The molecule has 2 N–H and O–H groups in total. The number of fused-ring (bicyclic) bond motifs is 1. The molecular weight excluding hydrogens is 370 g/mol. The zero-order valence-corrected chi connectivity index (χ0v) is 18.0. The van der Waals surface area contributed by atoms with Gasteiger partial charge in [0.25, 0.3) is 0 Å². The van der Waals surface area contributed by atoms with Gasteiger partial charge in [0.05, 0.1) is 32.9 Å². The Kier molecular flexibility index (Phi) is 7.46. The number of nitrogen functional groups attached to an aromatic ring is 1. The van der Waals surface area contributed by atoms with Gasteiger partial charge in [0.1, 0.15) is 11.6 Å². The number of rotatable bonds is 9. The van der Waals surface area contributed by atoms with E-state index >= 15 is 0 Å². The highest BCUT2D eigenvalue weighted by molar-refractivity contribution is 5.90. The third kappa shape index (κ3) is 5.46. The molecule has 0 radical (unpaired) electrons. The average molecular weight is 404 g/mol. The molecule has 0 aliphatic carbocycles. The second kappa shape index (κ2) is 10.0. The minimum absolute atomic E-state index is 0.464. The molecule has 0 spiro atoms. The molecule has 2 aromatic rings. The number of likely N-dealkylation sites (tertiary alicyclic amines) is 1. The summed E-state index contributed by atoms with van der Waals surface area (Å²) < 4.78 is 15.9. The molecule has 2 heterocycles. The van der Waals surface area contributed by atoms with Gasteiger partial charge in [-0.3, -0.25) is 4.90 Å². The van der Waals surface area contributed by atoms with Crippen molar-refractivity contribution in [2.75, 3.05) is 66.9 Å². The Bertz CT molecular complexity index is 808. The number of nitrogens with two attached hydrogens (primary N) is 1. The Morgan fingerprint density at radius 1 is 1.10 bits per heavy atom. The van der Waals surface area contributed by atoms with E-state index < -0.39 is 0 Å². The molecule has 1 aromatic heterocycles. The summed E-state index contributed by atoms with van der Waals surface area (Å²) >= 11 is 0. The minimum atomic E-state index is 0.464. The van der Waals surface area contributed by atoms with Crippen LogP contribution in [0.15, 0.2) is 12.1 Å². The van der Waals surface area contributed by atoms with E-state index in [4.69, 9.17) is 24.9 Å². The summed E-state index contributed by atoms with van der Waals surface area (Å²) in [6, 6.07) is 3.68. The fourth-order valence-electron chi connectivity index (χ4n) is 3.96. The molecule has 1 aliphatic rings. The molecule has 8 heteroatoms. The van der Waals surface area contributed by atoms with Crippen LogP contribution in [0.2, 0.25) is 0 Å². The predicted molar refractivity (Wildman–Crippen MR) is 114 cm³/mol. The number of methoxy groups -OCH3 is 3. The Morgan fingerprint density at radius 3 is 2.45 bits per heavy atom. The predicted octanol–water partition coefficient (Wildman–Crippen LogP) is 2.02. The summed E-state index contributed by atoms with van der Waals surface area (Å²) in [6.45, 7) is 5.81. The van der Waals surface area contributed by atoms with Crippen molar-refractivity contribution in [3.63, 3.8) is 0 Å². The second-order valence-electron chi connectivity index (χ2n) is 7.72. The Hall–Kier alpha value is -2.16. The van der Waals surface area contributed by atoms with Gasteiger partial charge in [-0.2, -0.15) is 0 Å². The van der Waals surface area contributed by atoms with Crippen molar-refractivity contribution < 1.29 is 14.2 Å². The van der Waals surface area contributed by atoms with Crippen LogP contribution >= 0.6 is 0 Å². The molecule has 0 atom stereocenters. The summed E-state index contributed by atoms with van der Waals surface area (Å²) in [5.41, 5.74) is 6.97. The number of ether oxygens (including phenoxy) is 3. The van der Waals surface area contributed by atoms with Crippen molar-refractivity contribution in [2.45, 2.75) is 19.4 Å².